The maximum atomic E-state index is 12.6. The van der Waals surface area contributed by atoms with E-state index >= 15 is 0 Å². The highest BCUT2D eigenvalue weighted by Crippen LogP contribution is 2.32. The maximum absolute atomic E-state index is 12.6. The number of halogens is 2. The normalized spacial score (nSPS) is 11.6. The van der Waals surface area contributed by atoms with Gasteiger partial charge in [-0.25, -0.2) is 23.1 Å². The fourth-order valence-electron chi connectivity index (χ4n) is 2.83. The molecule has 0 saturated carbocycles. The molecule has 0 fully saturated rings. The van der Waals surface area contributed by atoms with Gasteiger partial charge in [-0.2, -0.15) is 0 Å². The molecule has 1 heterocycles. The predicted octanol–water partition coefficient (Wildman–Crippen LogP) is 6.20. The van der Waals surface area contributed by atoms with Crippen LogP contribution < -0.4 is 4.72 Å². The Kier molecular flexibility index (Phi) is 5.88. The number of benzene rings is 3. The summed E-state index contributed by atoms with van der Waals surface area (Å²) in [5, 5.41) is 2.68. The number of aromatic nitrogens is 2. The quantitative estimate of drug-likeness (QED) is 0.372. The lowest BCUT2D eigenvalue weighted by Gasteiger charge is -2.10. The number of hydrogen-bond donors (Lipinski definition) is 1. The van der Waals surface area contributed by atoms with Crippen LogP contribution in [0.15, 0.2) is 81.5 Å². The van der Waals surface area contributed by atoms with Crippen LogP contribution in [-0.2, 0) is 10.0 Å². The maximum Gasteiger partial charge on any atom is 0.265 e. The van der Waals surface area contributed by atoms with Gasteiger partial charge in [0.15, 0.2) is 0 Å². The van der Waals surface area contributed by atoms with Gasteiger partial charge < -0.3 is 0 Å². The van der Waals surface area contributed by atoms with E-state index in [-0.39, 0.29) is 15.9 Å². The smallest absolute Gasteiger partial charge is 0.247 e. The van der Waals surface area contributed by atoms with Crippen molar-refractivity contribution in [1.29, 1.82) is 0 Å². The molecule has 1 N–H and O–H groups in total. The zero-order chi connectivity index (χ0) is 21.3. The number of sulfonamides is 1. The van der Waals surface area contributed by atoms with Crippen molar-refractivity contribution in [3.05, 3.63) is 82.6 Å². The van der Waals surface area contributed by atoms with Crippen molar-refractivity contribution >= 4 is 61.7 Å². The van der Waals surface area contributed by atoms with Gasteiger partial charge in [-0.05, 0) is 48.0 Å². The van der Waals surface area contributed by atoms with Crippen LogP contribution in [0.25, 0.3) is 10.8 Å². The first-order chi connectivity index (χ1) is 14.3. The van der Waals surface area contributed by atoms with Gasteiger partial charge >= 0.3 is 0 Å². The van der Waals surface area contributed by atoms with E-state index in [4.69, 9.17) is 23.2 Å². The first-order valence-electron chi connectivity index (χ1n) is 8.80. The summed E-state index contributed by atoms with van der Waals surface area (Å²) >= 11 is 13.4. The third-order valence-corrected chi connectivity index (χ3v) is 7.45. The van der Waals surface area contributed by atoms with E-state index in [9.17, 15) is 8.42 Å². The van der Waals surface area contributed by atoms with Crippen LogP contribution in [0.1, 0.15) is 5.69 Å². The Morgan fingerprint density at radius 3 is 2.47 bits per heavy atom. The monoisotopic (exact) mass is 475 g/mol. The number of nitrogens with zero attached hydrogens (tertiary/aromatic N) is 2. The zero-order valence-electron chi connectivity index (χ0n) is 15.6. The Hall–Kier alpha value is -2.32. The molecule has 0 aliphatic carbocycles. The molecule has 152 valence electrons. The second-order valence-electron chi connectivity index (χ2n) is 6.43. The van der Waals surface area contributed by atoms with Crippen molar-refractivity contribution in [3.63, 3.8) is 0 Å². The molecular weight excluding hydrogens is 461 g/mol. The Labute approximate surface area is 188 Å². The highest BCUT2D eigenvalue weighted by Gasteiger charge is 2.20. The fraction of sp³-hybridized carbons (Fsp3) is 0.0476. The molecule has 3 aromatic carbocycles. The third kappa shape index (κ3) is 4.54. The molecule has 0 amide bonds. The summed E-state index contributed by atoms with van der Waals surface area (Å²) < 4.78 is 27.6. The first-order valence-corrected chi connectivity index (χ1v) is 11.9. The summed E-state index contributed by atoms with van der Waals surface area (Å²) in [6, 6.07) is 18.5. The fourth-order valence-corrected chi connectivity index (χ4v) is 5.43. The number of aryl methyl sites for hydroxylation is 1. The summed E-state index contributed by atoms with van der Waals surface area (Å²) in [6.07, 6.45) is 1.60. The molecule has 4 rings (SSSR count). The van der Waals surface area contributed by atoms with Crippen LogP contribution in [0.2, 0.25) is 10.0 Å². The molecule has 0 bridgehead atoms. The zero-order valence-corrected chi connectivity index (χ0v) is 18.8. The lowest BCUT2D eigenvalue weighted by molar-refractivity contribution is 0.601. The van der Waals surface area contributed by atoms with Crippen LogP contribution in [0, 0.1) is 6.92 Å². The van der Waals surface area contributed by atoms with E-state index in [1.54, 1.807) is 13.1 Å². The highest BCUT2D eigenvalue weighted by atomic mass is 35.5. The molecule has 1 aromatic heterocycles. The van der Waals surface area contributed by atoms with Crippen LogP contribution in [-0.4, -0.2) is 18.4 Å². The summed E-state index contributed by atoms with van der Waals surface area (Å²) in [6.45, 7) is 1.80. The Morgan fingerprint density at radius 2 is 1.73 bits per heavy atom. The van der Waals surface area contributed by atoms with Gasteiger partial charge in [0.05, 0.1) is 15.6 Å². The van der Waals surface area contributed by atoms with Crippen molar-refractivity contribution in [1.82, 2.24) is 9.97 Å². The molecule has 0 aliphatic heterocycles. The van der Waals surface area contributed by atoms with E-state index in [0.717, 1.165) is 15.2 Å². The van der Waals surface area contributed by atoms with Crippen molar-refractivity contribution in [2.75, 3.05) is 4.72 Å². The Balaban J connectivity index is 1.56. The Morgan fingerprint density at radius 1 is 0.967 bits per heavy atom. The highest BCUT2D eigenvalue weighted by molar-refractivity contribution is 7.99. The molecule has 0 saturated heterocycles. The summed E-state index contributed by atoms with van der Waals surface area (Å²) in [5.41, 5.74) is 0.656. The van der Waals surface area contributed by atoms with Gasteiger partial charge in [0.25, 0.3) is 10.0 Å². The number of anilines is 1. The molecule has 9 heteroatoms. The first kappa shape index (κ1) is 20.9. The summed E-state index contributed by atoms with van der Waals surface area (Å²) in [5.74, 6) is -0.0265. The minimum atomic E-state index is -3.95. The van der Waals surface area contributed by atoms with Crippen LogP contribution >= 0.6 is 35.0 Å². The average molecular weight is 476 g/mol. The molecule has 0 atom stereocenters. The van der Waals surface area contributed by atoms with E-state index < -0.39 is 10.0 Å². The van der Waals surface area contributed by atoms with E-state index in [2.05, 4.69) is 39.0 Å². The van der Waals surface area contributed by atoms with E-state index in [0.29, 0.717) is 10.7 Å². The number of fused-ring (bicyclic) bond motifs is 1. The topological polar surface area (TPSA) is 72.0 Å². The van der Waals surface area contributed by atoms with E-state index in [1.807, 2.05) is 18.2 Å². The molecule has 0 unspecified atom stereocenters. The molecule has 30 heavy (non-hydrogen) atoms. The molecule has 0 spiro atoms. The third-order valence-electron chi connectivity index (χ3n) is 4.29. The van der Waals surface area contributed by atoms with Gasteiger partial charge in [0, 0.05) is 16.1 Å². The SMILES string of the molecule is Cc1nc(NS(=O)(=O)c2ccc(Cl)cc2Cl)ncc1Sc1ccc2ccccc2c1. The van der Waals surface area contributed by atoms with Gasteiger partial charge in [-0.15, -0.1) is 0 Å². The summed E-state index contributed by atoms with van der Waals surface area (Å²) in [7, 11) is -3.95. The van der Waals surface area contributed by atoms with Crippen LogP contribution in [0.4, 0.5) is 5.95 Å². The number of nitrogens with one attached hydrogen (secondary N) is 1. The van der Waals surface area contributed by atoms with Gasteiger partial charge in [0.1, 0.15) is 4.90 Å². The van der Waals surface area contributed by atoms with Gasteiger partial charge in [0.2, 0.25) is 5.95 Å². The molecule has 0 radical (unpaired) electrons. The molecule has 0 aliphatic rings. The van der Waals surface area contributed by atoms with Gasteiger partial charge in [-0.3, -0.25) is 0 Å². The molecular formula is C21H15Cl2N3O2S2. The molecule has 4 aromatic rings. The lowest BCUT2D eigenvalue weighted by atomic mass is 10.1. The average Bonchev–Trinajstić information content (AvgIpc) is 2.69. The lowest BCUT2D eigenvalue weighted by Crippen LogP contribution is -2.16. The van der Waals surface area contributed by atoms with Crippen LogP contribution in [0.3, 0.4) is 0 Å². The van der Waals surface area contributed by atoms with Crippen molar-refractivity contribution in [3.8, 4) is 0 Å². The summed E-state index contributed by atoms with van der Waals surface area (Å²) in [4.78, 5) is 10.2. The van der Waals surface area contributed by atoms with Crippen molar-refractivity contribution < 1.29 is 8.42 Å². The standard InChI is InChI=1S/C21H15Cl2N3O2S2/c1-13-19(29-17-8-6-14-4-2-3-5-15(14)10-17)12-24-21(25-13)26-30(27,28)20-9-7-16(22)11-18(20)23/h2-12H,1H3,(H,24,25,26). The van der Waals surface area contributed by atoms with Crippen molar-refractivity contribution in [2.24, 2.45) is 0 Å². The minimum Gasteiger partial charge on any atom is -0.247 e. The minimum absolute atomic E-state index is 0.0233. The number of rotatable bonds is 5. The largest absolute Gasteiger partial charge is 0.265 e. The van der Waals surface area contributed by atoms with E-state index in [1.165, 1.54) is 35.3 Å². The Bertz CT molecular complexity index is 1360. The van der Waals surface area contributed by atoms with Crippen LogP contribution in [0.5, 0.6) is 0 Å². The second-order valence-corrected chi connectivity index (χ2v) is 10.0. The second kappa shape index (κ2) is 8.43. The number of hydrogen-bond acceptors (Lipinski definition) is 5. The molecule has 5 nitrogen and oxygen atoms in total. The van der Waals surface area contributed by atoms with Gasteiger partial charge in [-0.1, -0.05) is 65.3 Å². The predicted molar refractivity (Wildman–Crippen MR) is 122 cm³/mol. The van der Waals surface area contributed by atoms with Crippen molar-refractivity contribution in [2.45, 2.75) is 21.6 Å².